The molecule has 1 heterocycles. The first-order chi connectivity index (χ1) is 8.68. The number of nitrogens with zero attached hydrogens (tertiary/aromatic N) is 2. The second-order valence-corrected chi connectivity index (χ2v) is 5.66. The first-order valence-corrected chi connectivity index (χ1v) is 7.39. The quantitative estimate of drug-likeness (QED) is 0.515. The molecule has 0 radical (unpaired) electrons. The second kappa shape index (κ2) is 6.65. The first kappa shape index (κ1) is 16.4. The van der Waals surface area contributed by atoms with Crippen LogP contribution < -0.4 is 18.6 Å². The Hall–Kier alpha value is -0.700. The molecule has 0 saturated carbocycles. The molecule has 0 aliphatic carbocycles. The Kier molecular flexibility index (Phi) is 5.72. The first-order valence-electron chi connectivity index (χ1n) is 5.37. The predicted molar refractivity (Wildman–Crippen MR) is 61.7 cm³/mol. The Morgan fingerprint density at radius 2 is 1.63 bits per heavy atom. The van der Waals surface area contributed by atoms with E-state index >= 15 is 0 Å². The number of hydrazine groups is 1. The molecule has 0 amide bonds. The van der Waals surface area contributed by atoms with Gasteiger partial charge in [-0.1, -0.05) is 15.9 Å². The number of halogens is 2. The lowest BCUT2D eigenvalue weighted by Gasteiger charge is -2.17. The molecule has 106 valence electrons. The molecular formula is C11H14BrClN2O4. The third-order valence-electron chi connectivity index (χ3n) is 2.75. The van der Waals surface area contributed by atoms with Crippen LogP contribution in [-0.2, 0) is 0 Å². The third-order valence-corrected chi connectivity index (χ3v) is 3.28. The molecule has 2 rings (SSSR count). The number of benzene rings is 1. The number of hydrazone groups is 1. The van der Waals surface area contributed by atoms with E-state index in [0.717, 1.165) is 17.4 Å². The number of rotatable bonds is 1. The monoisotopic (exact) mass is 352 g/mol. The van der Waals surface area contributed by atoms with E-state index in [1.165, 1.54) is 11.3 Å². The highest BCUT2D eigenvalue weighted by atomic mass is 79.9. The fraction of sp³-hybridized carbons (Fsp3) is 0.364. The van der Waals surface area contributed by atoms with Gasteiger partial charge in [-0.2, -0.15) is 5.01 Å². The molecule has 0 bridgehead atoms. The molecule has 1 aromatic rings. The van der Waals surface area contributed by atoms with Crippen LogP contribution in [0.3, 0.4) is 0 Å². The zero-order valence-corrected chi connectivity index (χ0v) is 12.8. The molecule has 19 heavy (non-hydrogen) atoms. The van der Waals surface area contributed by atoms with Crippen molar-refractivity contribution in [2.24, 2.45) is 0 Å². The van der Waals surface area contributed by atoms with Crippen molar-refractivity contribution in [2.75, 3.05) is 20.6 Å². The van der Waals surface area contributed by atoms with Gasteiger partial charge in [0.1, 0.15) is 0 Å². The summed E-state index contributed by atoms with van der Waals surface area (Å²) in [6.07, 6.45) is 1.13. The van der Waals surface area contributed by atoms with Gasteiger partial charge in [-0.3, -0.25) is 0 Å². The third kappa shape index (κ3) is 5.85. The SMILES string of the molecule is CN1CCC(c2ccc(Br)cc2)=[N+]1C.[O-][Cl+3]([O-])([O-])[O-]. The lowest BCUT2D eigenvalue weighted by Crippen LogP contribution is -2.68. The average molecular weight is 354 g/mol. The van der Waals surface area contributed by atoms with Crippen molar-refractivity contribution in [3.63, 3.8) is 0 Å². The van der Waals surface area contributed by atoms with Crippen molar-refractivity contribution in [1.29, 1.82) is 0 Å². The van der Waals surface area contributed by atoms with Gasteiger partial charge < -0.3 is 0 Å². The molecule has 0 fully saturated rings. The van der Waals surface area contributed by atoms with E-state index in [1.54, 1.807) is 0 Å². The van der Waals surface area contributed by atoms with Crippen molar-refractivity contribution in [1.82, 2.24) is 5.01 Å². The van der Waals surface area contributed by atoms with E-state index in [-0.39, 0.29) is 0 Å². The Balaban J connectivity index is 0.000000312. The predicted octanol–water partition coefficient (Wildman–Crippen LogP) is -2.62. The highest BCUT2D eigenvalue weighted by Crippen LogP contribution is 2.15. The Labute approximate surface area is 122 Å². The summed E-state index contributed by atoms with van der Waals surface area (Å²) in [5, 5.41) is 2.23. The van der Waals surface area contributed by atoms with Crippen molar-refractivity contribution in [3.05, 3.63) is 34.3 Å². The Morgan fingerprint density at radius 3 is 2.00 bits per heavy atom. The zero-order chi connectivity index (χ0) is 14.6. The fourth-order valence-electron chi connectivity index (χ4n) is 1.76. The minimum Gasteiger partial charge on any atom is -0.222 e. The Bertz CT molecular complexity index is 453. The van der Waals surface area contributed by atoms with Gasteiger partial charge in [0.2, 0.25) is 5.71 Å². The van der Waals surface area contributed by atoms with E-state index in [4.69, 9.17) is 18.6 Å². The average Bonchev–Trinajstić information content (AvgIpc) is 2.59. The van der Waals surface area contributed by atoms with Gasteiger partial charge in [0.15, 0.2) is 7.05 Å². The zero-order valence-electron chi connectivity index (χ0n) is 10.5. The van der Waals surface area contributed by atoms with Crippen molar-refractivity contribution in [2.45, 2.75) is 6.42 Å². The van der Waals surface area contributed by atoms with Gasteiger partial charge in [-0.25, -0.2) is 18.6 Å². The maximum Gasteiger partial charge on any atom is 0.214 e. The smallest absolute Gasteiger partial charge is 0.214 e. The van der Waals surface area contributed by atoms with E-state index in [0.29, 0.717) is 0 Å². The van der Waals surface area contributed by atoms with Crippen LogP contribution in [0.5, 0.6) is 0 Å². The normalized spacial score (nSPS) is 15.4. The minimum atomic E-state index is -4.94. The molecule has 6 nitrogen and oxygen atoms in total. The molecular weight excluding hydrogens is 339 g/mol. The van der Waals surface area contributed by atoms with E-state index < -0.39 is 10.2 Å². The highest BCUT2D eigenvalue weighted by Gasteiger charge is 2.24. The van der Waals surface area contributed by atoms with Crippen LogP contribution in [0.15, 0.2) is 28.7 Å². The maximum absolute atomic E-state index is 8.49. The van der Waals surface area contributed by atoms with Crippen LogP contribution in [0, 0.1) is 10.2 Å². The van der Waals surface area contributed by atoms with Crippen LogP contribution in [0.4, 0.5) is 0 Å². The van der Waals surface area contributed by atoms with Gasteiger partial charge in [0.05, 0.1) is 20.0 Å². The van der Waals surface area contributed by atoms with Crippen LogP contribution in [0.2, 0.25) is 0 Å². The summed E-state index contributed by atoms with van der Waals surface area (Å²) in [5.74, 6) is 0. The van der Waals surface area contributed by atoms with Crippen molar-refractivity contribution < 1.29 is 33.6 Å². The lowest BCUT2D eigenvalue weighted by atomic mass is 10.1. The van der Waals surface area contributed by atoms with E-state index in [1.807, 2.05) is 0 Å². The van der Waals surface area contributed by atoms with Crippen molar-refractivity contribution in [3.8, 4) is 0 Å². The summed E-state index contributed by atoms with van der Waals surface area (Å²) in [6, 6.07) is 8.51. The maximum atomic E-state index is 8.49. The van der Waals surface area contributed by atoms with Gasteiger partial charge in [-0.05, 0) is 24.3 Å². The molecule has 0 spiro atoms. The van der Waals surface area contributed by atoms with Gasteiger partial charge >= 0.3 is 0 Å². The Morgan fingerprint density at radius 1 is 1.16 bits per heavy atom. The number of hydrogen-bond acceptors (Lipinski definition) is 5. The van der Waals surface area contributed by atoms with Crippen LogP contribution in [0.1, 0.15) is 12.0 Å². The second-order valence-electron chi connectivity index (χ2n) is 3.99. The topological polar surface area (TPSA) is 98.5 Å². The fourth-order valence-corrected chi connectivity index (χ4v) is 2.02. The largest absolute Gasteiger partial charge is 0.222 e. The molecule has 0 aromatic heterocycles. The van der Waals surface area contributed by atoms with E-state index in [9.17, 15) is 0 Å². The molecule has 1 aromatic carbocycles. The molecule has 1 aliphatic heterocycles. The summed E-state index contributed by atoms with van der Waals surface area (Å²) in [4.78, 5) is 0. The lowest BCUT2D eigenvalue weighted by molar-refractivity contribution is -2.00. The van der Waals surface area contributed by atoms with Crippen LogP contribution >= 0.6 is 15.9 Å². The molecule has 1 aliphatic rings. The highest BCUT2D eigenvalue weighted by molar-refractivity contribution is 9.10. The summed E-state index contributed by atoms with van der Waals surface area (Å²) < 4.78 is 37.3. The van der Waals surface area contributed by atoms with Crippen LogP contribution in [-0.4, -0.2) is 36.0 Å². The summed E-state index contributed by atoms with van der Waals surface area (Å²) in [5.41, 5.74) is 2.72. The molecule has 0 atom stereocenters. The standard InChI is InChI=1S/C11H14BrN2.ClHO4/c1-13-8-7-11(14(13)2)9-3-5-10(12)6-4-9;2-1(3,4)5/h3-6H,7-8H2,1-2H3;(H,2,3,4,5)/q+1;/p-1. The molecule has 0 unspecified atom stereocenters. The molecule has 0 N–H and O–H groups in total. The summed E-state index contributed by atoms with van der Waals surface area (Å²) in [6.45, 7) is 1.11. The van der Waals surface area contributed by atoms with Gasteiger partial charge in [-0.15, -0.1) is 14.9 Å². The minimum absolute atomic E-state index is 1.11. The van der Waals surface area contributed by atoms with Gasteiger partial charge in [0.25, 0.3) is 0 Å². The number of hydrogen-bond donors (Lipinski definition) is 0. The van der Waals surface area contributed by atoms with Gasteiger partial charge in [0, 0.05) is 10.0 Å². The summed E-state index contributed by atoms with van der Waals surface area (Å²) >= 11 is 3.45. The van der Waals surface area contributed by atoms with Crippen molar-refractivity contribution >= 4 is 21.6 Å². The molecule has 8 heteroatoms. The molecule has 0 saturated heterocycles. The summed E-state index contributed by atoms with van der Waals surface area (Å²) in [7, 11) is -0.712. The van der Waals surface area contributed by atoms with Crippen LogP contribution in [0.25, 0.3) is 0 Å². The van der Waals surface area contributed by atoms with E-state index in [2.05, 4.69) is 64.0 Å².